The van der Waals surface area contributed by atoms with Gasteiger partial charge in [0.15, 0.2) is 0 Å². The van der Waals surface area contributed by atoms with E-state index in [-0.39, 0.29) is 5.54 Å². The maximum atomic E-state index is 3.67. The van der Waals surface area contributed by atoms with E-state index < -0.39 is 0 Å². The van der Waals surface area contributed by atoms with Crippen LogP contribution < -0.4 is 10.2 Å². The lowest BCUT2D eigenvalue weighted by molar-refractivity contribution is 0.277. The molecule has 0 aromatic heterocycles. The smallest absolute Gasteiger partial charge is 0.0438 e. The van der Waals surface area contributed by atoms with Crippen molar-refractivity contribution in [1.82, 2.24) is 5.32 Å². The SMILES string of the molecule is Cc1ccc(N2CC(C)(C)NCC2C(C)C)cc1C. The lowest BCUT2D eigenvalue weighted by Crippen LogP contribution is -2.63. The molecule has 106 valence electrons. The van der Waals surface area contributed by atoms with E-state index in [0.29, 0.717) is 12.0 Å². The molecule has 1 aromatic rings. The van der Waals surface area contributed by atoms with Gasteiger partial charge in [0.1, 0.15) is 0 Å². The summed E-state index contributed by atoms with van der Waals surface area (Å²) >= 11 is 0. The van der Waals surface area contributed by atoms with Crippen molar-refractivity contribution in [3.63, 3.8) is 0 Å². The molecule has 1 heterocycles. The van der Waals surface area contributed by atoms with Crippen LogP contribution in [0, 0.1) is 19.8 Å². The van der Waals surface area contributed by atoms with Gasteiger partial charge in [-0.3, -0.25) is 0 Å². The molecule has 0 saturated carbocycles. The van der Waals surface area contributed by atoms with Crippen molar-refractivity contribution >= 4 is 5.69 Å². The lowest BCUT2D eigenvalue weighted by Gasteiger charge is -2.47. The molecule has 0 aliphatic carbocycles. The first-order valence-electron chi connectivity index (χ1n) is 7.39. The zero-order chi connectivity index (χ0) is 14.2. The zero-order valence-corrected chi connectivity index (χ0v) is 13.2. The van der Waals surface area contributed by atoms with Gasteiger partial charge >= 0.3 is 0 Å². The van der Waals surface area contributed by atoms with Crippen molar-refractivity contribution in [2.45, 2.75) is 53.1 Å². The van der Waals surface area contributed by atoms with Gasteiger partial charge in [0.25, 0.3) is 0 Å². The Hall–Kier alpha value is -1.02. The van der Waals surface area contributed by atoms with Crippen molar-refractivity contribution in [3.05, 3.63) is 29.3 Å². The third kappa shape index (κ3) is 3.11. The number of benzene rings is 1. The highest BCUT2D eigenvalue weighted by atomic mass is 15.3. The Labute approximate surface area is 118 Å². The predicted molar refractivity (Wildman–Crippen MR) is 84.0 cm³/mol. The van der Waals surface area contributed by atoms with E-state index in [9.17, 15) is 0 Å². The van der Waals surface area contributed by atoms with E-state index in [1.807, 2.05) is 0 Å². The Kier molecular flexibility index (Phi) is 3.91. The second-order valence-corrected chi connectivity index (χ2v) is 6.97. The molecule has 19 heavy (non-hydrogen) atoms. The van der Waals surface area contributed by atoms with Gasteiger partial charge in [-0.2, -0.15) is 0 Å². The zero-order valence-electron chi connectivity index (χ0n) is 13.2. The van der Waals surface area contributed by atoms with Crippen LogP contribution in [0.15, 0.2) is 18.2 Å². The van der Waals surface area contributed by atoms with Gasteiger partial charge in [-0.25, -0.2) is 0 Å². The summed E-state index contributed by atoms with van der Waals surface area (Å²) in [5, 5.41) is 3.67. The summed E-state index contributed by atoms with van der Waals surface area (Å²) in [5.41, 5.74) is 4.32. The molecule has 0 spiro atoms. The fourth-order valence-electron chi connectivity index (χ4n) is 2.87. The monoisotopic (exact) mass is 260 g/mol. The van der Waals surface area contributed by atoms with Crippen molar-refractivity contribution in [2.24, 2.45) is 5.92 Å². The highest BCUT2D eigenvalue weighted by Gasteiger charge is 2.34. The molecule has 1 fully saturated rings. The van der Waals surface area contributed by atoms with Crippen LogP contribution in [0.25, 0.3) is 0 Å². The third-order valence-corrected chi connectivity index (χ3v) is 4.35. The minimum Gasteiger partial charge on any atom is -0.365 e. The quantitative estimate of drug-likeness (QED) is 0.875. The van der Waals surface area contributed by atoms with Crippen LogP contribution in [0.4, 0.5) is 5.69 Å². The second kappa shape index (κ2) is 5.16. The molecule has 2 nitrogen and oxygen atoms in total. The number of aryl methyl sites for hydroxylation is 2. The van der Waals surface area contributed by atoms with Gasteiger partial charge in [0, 0.05) is 30.4 Å². The Morgan fingerprint density at radius 1 is 1.21 bits per heavy atom. The summed E-state index contributed by atoms with van der Waals surface area (Å²) in [6.45, 7) is 15.7. The Morgan fingerprint density at radius 2 is 1.89 bits per heavy atom. The molecule has 0 amide bonds. The summed E-state index contributed by atoms with van der Waals surface area (Å²) in [6.07, 6.45) is 0. The minimum atomic E-state index is 0.185. The van der Waals surface area contributed by atoms with Crippen molar-refractivity contribution in [2.75, 3.05) is 18.0 Å². The van der Waals surface area contributed by atoms with Crippen LogP contribution in [-0.4, -0.2) is 24.7 Å². The molecule has 2 heteroatoms. The number of hydrogen-bond donors (Lipinski definition) is 1. The first-order chi connectivity index (χ1) is 8.80. The van der Waals surface area contributed by atoms with Crippen LogP contribution >= 0.6 is 0 Å². The molecule has 1 unspecified atom stereocenters. The molecule has 0 bridgehead atoms. The second-order valence-electron chi connectivity index (χ2n) is 6.97. The number of piperazine rings is 1. The van der Waals surface area contributed by atoms with Crippen molar-refractivity contribution < 1.29 is 0 Å². The average molecular weight is 260 g/mol. The summed E-state index contributed by atoms with van der Waals surface area (Å²) in [7, 11) is 0. The molecule has 1 saturated heterocycles. The normalized spacial score (nSPS) is 22.9. The maximum Gasteiger partial charge on any atom is 0.0438 e. The summed E-state index contributed by atoms with van der Waals surface area (Å²) in [5.74, 6) is 0.658. The molecule has 1 atom stereocenters. The maximum absolute atomic E-state index is 3.67. The third-order valence-electron chi connectivity index (χ3n) is 4.35. The molecular formula is C17H28N2. The molecule has 2 rings (SSSR count). The first-order valence-corrected chi connectivity index (χ1v) is 7.39. The topological polar surface area (TPSA) is 15.3 Å². The fourth-order valence-corrected chi connectivity index (χ4v) is 2.87. The van der Waals surface area contributed by atoms with Crippen LogP contribution in [0.3, 0.4) is 0 Å². The predicted octanol–water partition coefficient (Wildman–Crippen LogP) is 3.52. The van der Waals surface area contributed by atoms with Gasteiger partial charge in [-0.15, -0.1) is 0 Å². The Bertz CT molecular complexity index is 449. The summed E-state index contributed by atoms with van der Waals surface area (Å²) < 4.78 is 0. The molecule has 0 radical (unpaired) electrons. The van der Waals surface area contributed by atoms with Crippen LogP contribution in [0.2, 0.25) is 0 Å². The van der Waals surface area contributed by atoms with E-state index in [2.05, 4.69) is 70.0 Å². The number of hydrogen-bond acceptors (Lipinski definition) is 2. The van der Waals surface area contributed by atoms with E-state index >= 15 is 0 Å². The number of anilines is 1. The van der Waals surface area contributed by atoms with E-state index in [0.717, 1.165) is 13.1 Å². The molecule has 1 aliphatic rings. The molecule has 1 N–H and O–H groups in total. The van der Waals surface area contributed by atoms with Crippen LogP contribution in [-0.2, 0) is 0 Å². The van der Waals surface area contributed by atoms with Crippen molar-refractivity contribution in [1.29, 1.82) is 0 Å². The van der Waals surface area contributed by atoms with Gasteiger partial charge < -0.3 is 10.2 Å². The summed E-state index contributed by atoms with van der Waals surface area (Å²) in [4.78, 5) is 2.59. The number of nitrogens with zero attached hydrogens (tertiary/aromatic N) is 1. The highest BCUT2D eigenvalue weighted by Crippen LogP contribution is 2.28. The fraction of sp³-hybridized carbons (Fsp3) is 0.647. The van der Waals surface area contributed by atoms with Crippen molar-refractivity contribution in [3.8, 4) is 0 Å². The molecular weight excluding hydrogens is 232 g/mol. The van der Waals surface area contributed by atoms with Gasteiger partial charge in [-0.05, 0) is 56.9 Å². The number of nitrogens with one attached hydrogen (secondary N) is 1. The van der Waals surface area contributed by atoms with E-state index in [1.165, 1.54) is 16.8 Å². The molecule has 1 aliphatic heterocycles. The summed E-state index contributed by atoms with van der Waals surface area (Å²) in [6, 6.07) is 7.44. The van der Waals surface area contributed by atoms with Gasteiger partial charge in [0.05, 0.1) is 0 Å². The van der Waals surface area contributed by atoms with Crippen LogP contribution in [0.1, 0.15) is 38.8 Å². The van der Waals surface area contributed by atoms with Crippen LogP contribution in [0.5, 0.6) is 0 Å². The Balaban J connectivity index is 2.33. The first kappa shape index (κ1) is 14.4. The molecule has 1 aromatic carbocycles. The minimum absolute atomic E-state index is 0.185. The van der Waals surface area contributed by atoms with E-state index in [4.69, 9.17) is 0 Å². The highest BCUT2D eigenvalue weighted by molar-refractivity contribution is 5.52. The standard InChI is InChI=1S/C17H28N2/c1-12(2)16-10-18-17(5,6)11-19(16)15-8-7-13(3)14(4)9-15/h7-9,12,16,18H,10-11H2,1-6H3. The van der Waals surface area contributed by atoms with E-state index in [1.54, 1.807) is 0 Å². The lowest BCUT2D eigenvalue weighted by atomic mass is 9.92. The van der Waals surface area contributed by atoms with Gasteiger partial charge in [0.2, 0.25) is 0 Å². The largest absolute Gasteiger partial charge is 0.365 e. The van der Waals surface area contributed by atoms with Gasteiger partial charge in [-0.1, -0.05) is 19.9 Å². The Morgan fingerprint density at radius 3 is 2.47 bits per heavy atom. The average Bonchev–Trinajstić information content (AvgIpc) is 2.31. The number of rotatable bonds is 2.